The zero-order chi connectivity index (χ0) is 19.3. The smallest absolute Gasteiger partial charge is 0.188 e. The van der Waals surface area contributed by atoms with E-state index in [1.54, 1.807) is 0 Å². The molecule has 160 valence electrons. The van der Waals surface area contributed by atoms with Crippen LogP contribution in [-0.4, -0.2) is 70.0 Å². The molecule has 3 N–H and O–H groups in total. The van der Waals surface area contributed by atoms with Crippen LogP contribution in [0.15, 0.2) is 23.2 Å². The maximum atomic E-state index is 5.96. The van der Waals surface area contributed by atoms with E-state index in [4.69, 9.17) is 19.9 Å². The van der Waals surface area contributed by atoms with Gasteiger partial charge in [-0.1, -0.05) is 6.07 Å². The van der Waals surface area contributed by atoms with E-state index in [-0.39, 0.29) is 24.0 Å². The third-order valence-electron chi connectivity index (χ3n) is 4.35. The van der Waals surface area contributed by atoms with Crippen LogP contribution in [0.4, 0.5) is 0 Å². The molecule has 0 aliphatic carbocycles. The minimum atomic E-state index is 0. The van der Waals surface area contributed by atoms with Gasteiger partial charge in [0.15, 0.2) is 17.5 Å². The molecule has 1 aliphatic heterocycles. The van der Waals surface area contributed by atoms with Gasteiger partial charge < -0.3 is 25.3 Å². The standard InChI is InChI=1S/C20H34N4O3.HI/c1-3-26-18-7-6-17(16-19(18)27-4-2)8-10-23-20(21)22-9-5-11-24-12-14-25-15-13-24;/h6-7,16H,3-5,8-15H2,1-2H3,(H3,21,22,23);1H. The van der Waals surface area contributed by atoms with Gasteiger partial charge in [0, 0.05) is 32.7 Å². The molecule has 0 saturated carbocycles. The fraction of sp³-hybridized carbons (Fsp3) is 0.650. The second kappa shape index (κ2) is 14.7. The monoisotopic (exact) mass is 506 g/mol. The van der Waals surface area contributed by atoms with E-state index in [1.165, 1.54) is 5.56 Å². The molecule has 0 amide bonds. The largest absolute Gasteiger partial charge is 0.490 e. The summed E-state index contributed by atoms with van der Waals surface area (Å²) in [4.78, 5) is 6.81. The summed E-state index contributed by atoms with van der Waals surface area (Å²) in [5.74, 6) is 2.09. The Morgan fingerprint density at radius 3 is 2.61 bits per heavy atom. The van der Waals surface area contributed by atoms with E-state index in [2.05, 4.69) is 21.3 Å². The summed E-state index contributed by atoms with van der Waals surface area (Å²) in [5.41, 5.74) is 7.13. The minimum Gasteiger partial charge on any atom is -0.490 e. The first kappa shape index (κ1) is 24.8. The lowest BCUT2D eigenvalue weighted by Crippen LogP contribution is -2.37. The molecule has 7 nitrogen and oxygen atoms in total. The van der Waals surface area contributed by atoms with Gasteiger partial charge in [0.2, 0.25) is 0 Å². The lowest BCUT2D eigenvalue weighted by atomic mass is 10.1. The lowest BCUT2D eigenvalue weighted by molar-refractivity contribution is 0.0377. The van der Waals surface area contributed by atoms with Crippen LogP contribution in [-0.2, 0) is 11.2 Å². The molecule has 2 rings (SSSR count). The maximum Gasteiger partial charge on any atom is 0.188 e. The van der Waals surface area contributed by atoms with Crippen LogP contribution in [0.2, 0.25) is 0 Å². The number of morpholine rings is 1. The van der Waals surface area contributed by atoms with E-state index in [1.807, 2.05) is 26.0 Å². The van der Waals surface area contributed by atoms with Gasteiger partial charge in [-0.15, -0.1) is 24.0 Å². The third kappa shape index (κ3) is 9.29. The van der Waals surface area contributed by atoms with E-state index >= 15 is 0 Å². The van der Waals surface area contributed by atoms with E-state index < -0.39 is 0 Å². The van der Waals surface area contributed by atoms with Crippen molar-refractivity contribution in [3.63, 3.8) is 0 Å². The van der Waals surface area contributed by atoms with E-state index in [9.17, 15) is 0 Å². The Morgan fingerprint density at radius 2 is 1.89 bits per heavy atom. The van der Waals surface area contributed by atoms with Crippen molar-refractivity contribution in [3.8, 4) is 11.5 Å². The van der Waals surface area contributed by atoms with E-state index in [0.29, 0.717) is 19.2 Å². The molecule has 1 fully saturated rings. The Labute approximate surface area is 186 Å². The Morgan fingerprint density at radius 1 is 1.18 bits per heavy atom. The van der Waals surface area contributed by atoms with Crippen LogP contribution < -0.4 is 20.5 Å². The first-order valence-electron chi connectivity index (χ1n) is 9.95. The Balaban J connectivity index is 0.00000392. The first-order valence-corrected chi connectivity index (χ1v) is 9.95. The molecule has 1 saturated heterocycles. The molecule has 1 aromatic rings. The van der Waals surface area contributed by atoms with Crippen molar-refractivity contribution in [2.45, 2.75) is 26.7 Å². The van der Waals surface area contributed by atoms with Crippen LogP contribution in [0, 0.1) is 0 Å². The second-order valence-electron chi connectivity index (χ2n) is 6.40. The number of hydrogen-bond acceptors (Lipinski definition) is 5. The highest BCUT2D eigenvalue weighted by Crippen LogP contribution is 2.28. The van der Waals surface area contributed by atoms with Crippen LogP contribution in [0.1, 0.15) is 25.8 Å². The highest BCUT2D eigenvalue weighted by atomic mass is 127. The van der Waals surface area contributed by atoms with Crippen LogP contribution in [0.25, 0.3) is 0 Å². The molecule has 1 heterocycles. The molecule has 0 bridgehead atoms. The molecule has 0 unspecified atom stereocenters. The molecule has 28 heavy (non-hydrogen) atoms. The number of guanidine groups is 1. The Hall–Kier alpha value is -1.26. The van der Waals surface area contributed by atoms with Gasteiger partial charge in [0.1, 0.15) is 0 Å². The van der Waals surface area contributed by atoms with Crippen LogP contribution >= 0.6 is 24.0 Å². The third-order valence-corrected chi connectivity index (χ3v) is 4.35. The van der Waals surface area contributed by atoms with Gasteiger partial charge >= 0.3 is 0 Å². The quantitative estimate of drug-likeness (QED) is 0.208. The maximum absolute atomic E-state index is 5.96. The van der Waals surface area contributed by atoms with Crippen molar-refractivity contribution >= 4 is 29.9 Å². The minimum absolute atomic E-state index is 0. The van der Waals surface area contributed by atoms with Crippen molar-refractivity contribution < 1.29 is 14.2 Å². The Bertz CT molecular complexity index is 581. The summed E-state index contributed by atoms with van der Waals surface area (Å²) in [6, 6.07) is 6.06. The highest BCUT2D eigenvalue weighted by molar-refractivity contribution is 14.0. The average Bonchev–Trinajstić information content (AvgIpc) is 2.68. The van der Waals surface area contributed by atoms with Gasteiger partial charge in [-0.05, 0) is 44.4 Å². The number of rotatable bonds is 11. The summed E-state index contributed by atoms with van der Waals surface area (Å²) in [6.07, 6.45) is 1.86. The number of hydrogen-bond donors (Lipinski definition) is 2. The number of benzene rings is 1. The first-order chi connectivity index (χ1) is 13.2. The van der Waals surface area contributed by atoms with Crippen molar-refractivity contribution in [1.29, 1.82) is 0 Å². The molecular weight excluding hydrogens is 471 g/mol. The van der Waals surface area contributed by atoms with Crippen molar-refractivity contribution in [2.75, 3.05) is 59.2 Å². The summed E-state index contributed by atoms with van der Waals surface area (Å²) < 4.78 is 16.6. The molecular formula is C20H35IN4O3. The molecule has 0 aromatic heterocycles. The summed E-state index contributed by atoms with van der Waals surface area (Å²) in [7, 11) is 0. The lowest BCUT2D eigenvalue weighted by Gasteiger charge is -2.26. The number of nitrogens with zero attached hydrogens (tertiary/aromatic N) is 2. The number of halogens is 1. The number of ether oxygens (including phenoxy) is 3. The topological polar surface area (TPSA) is 81.3 Å². The van der Waals surface area contributed by atoms with Gasteiger partial charge in [-0.25, -0.2) is 0 Å². The average molecular weight is 506 g/mol. The molecule has 8 heteroatoms. The van der Waals surface area contributed by atoms with Gasteiger partial charge in [-0.2, -0.15) is 0 Å². The molecule has 1 aliphatic rings. The predicted molar refractivity (Wildman–Crippen MR) is 124 cm³/mol. The molecule has 0 radical (unpaired) electrons. The van der Waals surface area contributed by atoms with Crippen molar-refractivity contribution in [1.82, 2.24) is 10.2 Å². The number of nitrogens with two attached hydrogens (primary N) is 1. The second-order valence-corrected chi connectivity index (χ2v) is 6.40. The zero-order valence-corrected chi connectivity index (χ0v) is 19.4. The molecule has 0 spiro atoms. The number of aliphatic imine (C=N–C) groups is 1. The summed E-state index contributed by atoms with van der Waals surface area (Å²) in [5, 5.41) is 3.18. The van der Waals surface area contributed by atoms with Gasteiger partial charge in [-0.3, -0.25) is 9.89 Å². The fourth-order valence-electron chi connectivity index (χ4n) is 2.96. The van der Waals surface area contributed by atoms with Crippen LogP contribution in [0.3, 0.4) is 0 Å². The predicted octanol–water partition coefficient (Wildman–Crippen LogP) is 2.27. The summed E-state index contributed by atoms with van der Waals surface area (Å²) >= 11 is 0. The Kier molecular flexibility index (Phi) is 13.0. The summed E-state index contributed by atoms with van der Waals surface area (Å²) in [6.45, 7) is 11.4. The van der Waals surface area contributed by atoms with Crippen molar-refractivity contribution in [2.24, 2.45) is 10.7 Å². The van der Waals surface area contributed by atoms with Gasteiger partial charge in [0.05, 0.1) is 26.4 Å². The fourth-order valence-corrected chi connectivity index (χ4v) is 2.96. The molecule has 0 atom stereocenters. The molecule has 1 aromatic carbocycles. The van der Waals surface area contributed by atoms with Crippen molar-refractivity contribution in [3.05, 3.63) is 23.8 Å². The highest BCUT2D eigenvalue weighted by Gasteiger charge is 2.09. The normalized spacial score (nSPS) is 15.0. The number of nitrogens with one attached hydrogen (secondary N) is 1. The SMILES string of the molecule is CCOc1ccc(CCNC(N)=NCCCN2CCOCC2)cc1OCC.I. The zero-order valence-electron chi connectivity index (χ0n) is 17.1. The van der Waals surface area contributed by atoms with E-state index in [0.717, 1.165) is 70.3 Å². The van der Waals surface area contributed by atoms with Crippen LogP contribution in [0.5, 0.6) is 11.5 Å². The van der Waals surface area contributed by atoms with Gasteiger partial charge in [0.25, 0.3) is 0 Å².